The lowest BCUT2D eigenvalue weighted by Gasteiger charge is -2.19. The Morgan fingerprint density at radius 3 is 2.28 bits per heavy atom. The van der Waals surface area contributed by atoms with Crippen LogP contribution in [0.4, 0.5) is 10.5 Å². The minimum Gasteiger partial charge on any atom is -0.444 e. The minimum atomic E-state index is -3.52. The Kier molecular flexibility index (Phi) is 9.62. The number of rotatable bonds is 11. The van der Waals surface area contributed by atoms with Crippen molar-refractivity contribution in [1.82, 2.24) is 5.32 Å². The van der Waals surface area contributed by atoms with Gasteiger partial charge in [0.25, 0.3) is 0 Å². The second-order valence-electron chi connectivity index (χ2n) is 8.03. The molecule has 0 aliphatic carbocycles. The number of ether oxygens (including phenoxy) is 1. The molecule has 0 aliphatic heterocycles. The van der Waals surface area contributed by atoms with Crippen LogP contribution >= 0.6 is 0 Å². The molecule has 1 aromatic rings. The van der Waals surface area contributed by atoms with Gasteiger partial charge in [0.2, 0.25) is 10.0 Å². The van der Waals surface area contributed by atoms with Gasteiger partial charge >= 0.3 is 6.09 Å². The molecule has 7 nitrogen and oxygen atoms in total. The summed E-state index contributed by atoms with van der Waals surface area (Å²) in [6.07, 6.45) is 2.27. The lowest BCUT2D eigenvalue weighted by atomic mass is 10.1. The van der Waals surface area contributed by atoms with Crippen molar-refractivity contribution in [2.75, 3.05) is 11.3 Å². The van der Waals surface area contributed by atoms with Crippen molar-refractivity contribution in [2.45, 2.75) is 77.6 Å². The average Bonchev–Trinajstić information content (AvgIpc) is 2.59. The number of hydrogen-bond donors (Lipinski definition) is 2. The Morgan fingerprint density at radius 2 is 1.72 bits per heavy atom. The molecule has 1 aromatic carbocycles. The Hall–Kier alpha value is -2.09. The quantitative estimate of drug-likeness (QED) is 0.508. The highest BCUT2D eigenvalue weighted by atomic mass is 32.2. The summed E-state index contributed by atoms with van der Waals surface area (Å²) < 4.78 is 33.1. The van der Waals surface area contributed by atoms with Crippen molar-refractivity contribution < 1.29 is 22.7 Å². The number of anilines is 1. The maximum absolute atomic E-state index is 12.7. The zero-order valence-corrected chi connectivity index (χ0v) is 18.9. The van der Waals surface area contributed by atoms with E-state index in [2.05, 4.69) is 10.0 Å². The average molecular weight is 427 g/mol. The Labute approximate surface area is 174 Å². The van der Waals surface area contributed by atoms with Crippen LogP contribution in [0.25, 0.3) is 0 Å². The Morgan fingerprint density at radius 1 is 1.10 bits per heavy atom. The van der Waals surface area contributed by atoms with Crippen LogP contribution in [-0.2, 0) is 14.8 Å². The number of alkyl carbamates (subject to hydrolysis) is 1. The van der Waals surface area contributed by atoms with Crippen molar-refractivity contribution in [1.29, 1.82) is 0 Å². The fourth-order valence-corrected chi connectivity index (χ4v) is 4.55. The first kappa shape index (κ1) is 24.9. The van der Waals surface area contributed by atoms with Crippen LogP contribution in [0.2, 0.25) is 0 Å². The van der Waals surface area contributed by atoms with Gasteiger partial charge in [0.15, 0.2) is 5.78 Å². The van der Waals surface area contributed by atoms with Gasteiger partial charge in [-0.1, -0.05) is 38.8 Å². The normalized spacial score (nSPS) is 11.9. The lowest BCUT2D eigenvalue weighted by Crippen LogP contribution is -2.33. The fraction of sp³-hybridized carbons (Fsp3) is 0.619. The molecule has 0 bridgehead atoms. The topological polar surface area (TPSA) is 102 Å². The predicted molar refractivity (Wildman–Crippen MR) is 116 cm³/mol. The van der Waals surface area contributed by atoms with E-state index in [9.17, 15) is 18.0 Å². The first-order valence-electron chi connectivity index (χ1n) is 10.1. The molecule has 2 N–H and O–H groups in total. The summed E-state index contributed by atoms with van der Waals surface area (Å²) >= 11 is 0. The van der Waals surface area contributed by atoms with E-state index in [1.54, 1.807) is 39.0 Å². The Balaban J connectivity index is 2.72. The number of nitrogens with one attached hydrogen (secondary N) is 2. The van der Waals surface area contributed by atoms with Gasteiger partial charge in [-0.3, -0.25) is 9.52 Å². The van der Waals surface area contributed by atoms with Crippen LogP contribution in [-0.4, -0.2) is 37.7 Å². The molecule has 0 saturated carbocycles. The van der Waals surface area contributed by atoms with Gasteiger partial charge in [-0.25, -0.2) is 13.2 Å². The molecular formula is C21H34N2O5S. The van der Waals surface area contributed by atoms with Gasteiger partial charge in [0, 0.05) is 24.2 Å². The van der Waals surface area contributed by atoms with Crippen molar-refractivity contribution in [2.24, 2.45) is 0 Å². The van der Waals surface area contributed by atoms with Crippen LogP contribution in [0.3, 0.4) is 0 Å². The number of carbonyl (C=O) groups excluding carboxylic acids is 2. The first-order valence-corrected chi connectivity index (χ1v) is 11.6. The zero-order chi connectivity index (χ0) is 22.1. The van der Waals surface area contributed by atoms with E-state index in [0.29, 0.717) is 24.1 Å². The van der Waals surface area contributed by atoms with E-state index in [0.717, 1.165) is 12.8 Å². The molecule has 1 rings (SSSR count). The molecule has 0 aromatic heterocycles. The van der Waals surface area contributed by atoms with Crippen molar-refractivity contribution >= 4 is 27.6 Å². The minimum absolute atomic E-state index is 0.0870. The van der Waals surface area contributed by atoms with Gasteiger partial charge in [-0.2, -0.15) is 0 Å². The van der Waals surface area contributed by atoms with Crippen molar-refractivity contribution in [3.63, 3.8) is 0 Å². The van der Waals surface area contributed by atoms with Crippen LogP contribution in [0.15, 0.2) is 24.3 Å². The summed E-state index contributed by atoms with van der Waals surface area (Å²) in [5.41, 5.74) is 0.152. The van der Waals surface area contributed by atoms with E-state index in [1.807, 2.05) is 13.8 Å². The molecule has 0 atom stereocenters. The van der Waals surface area contributed by atoms with Gasteiger partial charge in [-0.15, -0.1) is 0 Å². The number of carbonyl (C=O) groups is 2. The van der Waals surface area contributed by atoms with Crippen LogP contribution in [0.5, 0.6) is 0 Å². The summed E-state index contributed by atoms with van der Waals surface area (Å²) in [4.78, 5) is 24.0. The van der Waals surface area contributed by atoms with E-state index < -0.39 is 27.0 Å². The monoisotopic (exact) mass is 426 g/mol. The third-order valence-electron chi connectivity index (χ3n) is 4.13. The number of sulfonamides is 1. The molecule has 0 saturated heterocycles. The summed E-state index contributed by atoms with van der Waals surface area (Å²) in [5.74, 6) is -0.194. The highest BCUT2D eigenvalue weighted by Crippen LogP contribution is 2.20. The summed E-state index contributed by atoms with van der Waals surface area (Å²) in [5, 5.41) is 2.09. The van der Waals surface area contributed by atoms with E-state index in [4.69, 9.17) is 4.74 Å². The van der Waals surface area contributed by atoms with Gasteiger partial charge in [0.1, 0.15) is 5.60 Å². The maximum Gasteiger partial charge on any atom is 0.407 e. The summed E-state index contributed by atoms with van der Waals surface area (Å²) in [7, 11) is -3.52. The highest BCUT2D eigenvalue weighted by Gasteiger charge is 2.24. The predicted octanol–water partition coefficient (Wildman–Crippen LogP) is 4.49. The van der Waals surface area contributed by atoms with E-state index in [1.165, 1.54) is 6.07 Å². The molecule has 0 heterocycles. The molecule has 164 valence electrons. The zero-order valence-electron chi connectivity index (χ0n) is 18.1. The summed E-state index contributed by atoms with van der Waals surface area (Å²) in [6, 6.07) is 6.43. The molecule has 0 unspecified atom stereocenters. The molecule has 0 spiro atoms. The maximum atomic E-state index is 12.7. The molecular weight excluding hydrogens is 392 g/mol. The number of benzene rings is 1. The highest BCUT2D eigenvalue weighted by molar-refractivity contribution is 7.93. The fourth-order valence-electron chi connectivity index (χ4n) is 2.84. The van der Waals surface area contributed by atoms with Gasteiger partial charge in [-0.05, 0) is 45.7 Å². The third-order valence-corrected chi connectivity index (χ3v) is 5.99. The lowest BCUT2D eigenvalue weighted by molar-refractivity contribution is 0.0527. The van der Waals surface area contributed by atoms with Crippen LogP contribution < -0.4 is 10.0 Å². The first-order chi connectivity index (χ1) is 13.5. The van der Waals surface area contributed by atoms with E-state index in [-0.39, 0.29) is 18.7 Å². The molecule has 8 heteroatoms. The largest absolute Gasteiger partial charge is 0.444 e. The number of ketones is 1. The van der Waals surface area contributed by atoms with Crippen molar-refractivity contribution in [3.8, 4) is 0 Å². The molecule has 1 amide bonds. The van der Waals surface area contributed by atoms with Gasteiger partial charge in [0.05, 0.1) is 5.25 Å². The second kappa shape index (κ2) is 11.2. The number of amides is 1. The van der Waals surface area contributed by atoms with Crippen LogP contribution in [0.1, 0.15) is 77.1 Å². The number of Topliss-reactive ketones (excluding diaryl/α,β-unsaturated/α-hetero) is 1. The van der Waals surface area contributed by atoms with Crippen molar-refractivity contribution in [3.05, 3.63) is 29.8 Å². The number of hydrogen-bond acceptors (Lipinski definition) is 5. The Bertz CT molecular complexity index is 779. The standard InChI is InChI=1S/C21H34N2O5S/c1-6-9-18(10-7-2)29(26,27)23-17-12-8-11-16(15-17)19(24)13-14-22-20(25)28-21(3,4)5/h8,11-12,15,18,23H,6-7,9-10,13-14H2,1-5H3,(H,22,25). The molecule has 0 fully saturated rings. The third kappa shape index (κ3) is 9.30. The van der Waals surface area contributed by atoms with Crippen LogP contribution in [0, 0.1) is 0 Å². The SMILES string of the molecule is CCCC(CCC)S(=O)(=O)Nc1cccc(C(=O)CCNC(=O)OC(C)(C)C)c1. The summed E-state index contributed by atoms with van der Waals surface area (Å²) in [6.45, 7) is 9.34. The second-order valence-corrected chi connectivity index (χ2v) is 9.99. The van der Waals surface area contributed by atoms with E-state index >= 15 is 0 Å². The smallest absolute Gasteiger partial charge is 0.407 e. The molecule has 0 radical (unpaired) electrons. The molecule has 0 aliphatic rings. The molecule has 29 heavy (non-hydrogen) atoms. The van der Waals surface area contributed by atoms with Gasteiger partial charge < -0.3 is 10.1 Å².